The molecule has 1 aromatic rings. The fourth-order valence-electron chi connectivity index (χ4n) is 4.53. The standard InChI is InChI=1S/C22H28N2O4/c25-19-9-17-10-23(8-7-21(17)28-14-19)22(26)24-11-18(12-24)16-3-5-20(6-4-16)27-13-15-1-2-15/h3-6,15,17-18,21H,1-2,7-14H2/t17-,21+/m1/s1. The highest BCUT2D eigenvalue weighted by Gasteiger charge is 2.40. The molecule has 0 N–H and O–H groups in total. The Morgan fingerprint density at radius 1 is 1.07 bits per heavy atom. The van der Waals surface area contributed by atoms with Crippen molar-refractivity contribution < 1.29 is 19.1 Å². The van der Waals surface area contributed by atoms with Gasteiger partial charge in [0, 0.05) is 44.4 Å². The molecule has 3 saturated heterocycles. The van der Waals surface area contributed by atoms with E-state index < -0.39 is 0 Å². The molecule has 28 heavy (non-hydrogen) atoms. The predicted octanol–water partition coefficient (Wildman–Crippen LogP) is 2.67. The van der Waals surface area contributed by atoms with E-state index in [-0.39, 0.29) is 30.4 Å². The van der Waals surface area contributed by atoms with E-state index in [0.29, 0.717) is 18.9 Å². The van der Waals surface area contributed by atoms with Crippen LogP contribution in [0.25, 0.3) is 0 Å². The van der Waals surface area contributed by atoms with E-state index in [1.165, 1.54) is 18.4 Å². The van der Waals surface area contributed by atoms with Gasteiger partial charge in [-0.15, -0.1) is 0 Å². The van der Waals surface area contributed by atoms with Crippen LogP contribution in [0.15, 0.2) is 24.3 Å². The molecule has 2 atom stereocenters. The molecule has 0 unspecified atom stereocenters. The number of likely N-dealkylation sites (tertiary alicyclic amines) is 2. The van der Waals surface area contributed by atoms with Crippen LogP contribution in [-0.2, 0) is 9.53 Å². The van der Waals surface area contributed by atoms with Crippen molar-refractivity contribution in [1.82, 2.24) is 9.80 Å². The normalized spacial score (nSPS) is 27.9. The lowest BCUT2D eigenvalue weighted by atomic mass is 9.87. The highest BCUT2D eigenvalue weighted by molar-refractivity contribution is 5.81. The Kier molecular flexibility index (Phi) is 4.75. The van der Waals surface area contributed by atoms with Crippen LogP contribution in [-0.4, -0.2) is 67.1 Å². The topological polar surface area (TPSA) is 59.1 Å². The predicted molar refractivity (Wildman–Crippen MR) is 103 cm³/mol. The van der Waals surface area contributed by atoms with Gasteiger partial charge in [0.05, 0.1) is 12.7 Å². The average Bonchev–Trinajstić information content (AvgIpc) is 3.50. The van der Waals surface area contributed by atoms with Gasteiger partial charge in [-0.2, -0.15) is 0 Å². The molecule has 0 bridgehead atoms. The molecule has 0 radical (unpaired) electrons. The van der Waals surface area contributed by atoms with Gasteiger partial charge in [0.2, 0.25) is 0 Å². The number of carbonyl (C=O) groups is 2. The zero-order valence-electron chi connectivity index (χ0n) is 16.2. The quantitative estimate of drug-likeness (QED) is 0.801. The smallest absolute Gasteiger partial charge is 0.320 e. The summed E-state index contributed by atoms with van der Waals surface area (Å²) in [5.41, 5.74) is 1.27. The maximum atomic E-state index is 12.8. The van der Waals surface area contributed by atoms with E-state index in [1.54, 1.807) is 0 Å². The van der Waals surface area contributed by atoms with Crippen molar-refractivity contribution in [2.24, 2.45) is 11.8 Å². The number of hydrogen-bond acceptors (Lipinski definition) is 4. The highest BCUT2D eigenvalue weighted by Crippen LogP contribution is 2.33. The summed E-state index contributed by atoms with van der Waals surface area (Å²) >= 11 is 0. The second-order valence-corrected chi connectivity index (χ2v) is 8.79. The Hall–Kier alpha value is -2.08. The molecule has 0 aromatic heterocycles. The van der Waals surface area contributed by atoms with E-state index in [2.05, 4.69) is 12.1 Å². The third-order valence-corrected chi connectivity index (χ3v) is 6.57. The highest BCUT2D eigenvalue weighted by atomic mass is 16.5. The number of amides is 2. The molecule has 6 heteroatoms. The van der Waals surface area contributed by atoms with Crippen LogP contribution in [0.4, 0.5) is 4.79 Å². The summed E-state index contributed by atoms with van der Waals surface area (Å²) in [7, 11) is 0. The van der Waals surface area contributed by atoms with E-state index in [0.717, 1.165) is 44.3 Å². The number of ether oxygens (including phenoxy) is 2. The van der Waals surface area contributed by atoms with Crippen molar-refractivity contribution >= 4 is 11.8 Å². The Balaban J connectivity index is 1.11. The molecule has 4 fully saturated rings. The fraction of sp³-hybridized carbons (Fsp3) is 0.636. The second-order valence-electron chi connectivity index (χ2n) is 8.79. The minimum atomic E-state index is 0.108. The molecule has 3 heterocycles. The molecule has 0 spiro atoms. The summed E-state index contributed by atoms with van der Waals surface area (Å²) in [6.07, 6.45) is 4.12. The first-order valence-corrected chi connectivity index (χ1v) is 10.6. The van der Waals surface area contributed by atoms with Crippen LogP contribution in [0.1, 0.15) is 37.2 Å². The lowest BCUT2D eigenvalue weighted by Gasteiger charge is -2.46. The van der Waals surface area contributed by atoms with Crippen LogP contribution < -0.4 is 4.74 Å². The number of Topliss-reactive ketones (excluding diaryl/α,β-unsaturated/α-hetero) is 1. The summed E-state index contributed by atoms with van der Waals surface area (Å²) < 4.78 is 11.4. The lowest BCUT2D eigenvalue weighted by molar-refractivity contribution is -0.140. The number of benzene rings is 1. The zero-order valence-corrected chi connectivity index (χ0v) is 16.2. The van der Waals surface area contributed by atoms with Gasteiger partial charge in [-0.05, 0) is 42.9 Å². The van der Waals surface area contributed by atoms with Gasteiger partial charge in [-0.1, -0.05) is 12.1 Å². The van der Waals surface area contributed by atoms with E-state index in [1.807, 2.05) is 21.9 Å². The summed E-state index contributed by atoms with van der Waals surface area (Å²) in [6.45, 7) is 3.97. The minimum absolute atomic E-state index is 0.108. The molecule has 3 aliphatic heterocycles. The lowest BCUT2D eigenvalue weighted by Crippen LogP contribution is -2.58. The molecule has 1 aliphatic carbocycles. The molecular weight excluding hydrogens is 356 g/mol. The Morgan fingerprint density at radius 2 is 1.86 bits per heavy atom. The first kappa shape index (κ1) is 18.0. The van der Waals surface area contributed by atoms with Crippen molar-refractivity contribution in [3.63, 3.8) is 0 Å². The number of piperidine rings is 1. The van der Waals surface area contributed by atoms with Crippen LogP contribution in [0.2, 0.25) is 0 Å². The molecular formula is C22H28N2O4. The largest absolute Gasteiger partial charge is 0.493 e. The van der Waals surface area contributed by atoms with Crippen molar-refractivity contribution in [1.29, 1.82) is 0 Å². The van der Waals surface area contributed by atoms with Crippen LogP contribution >= 0.6 is 0 Å². The van der Waals surface area contributed by atoms with Gasteiger partial charge >= 0.3 is 6.03 Å². The number of rotatable bonds is 4. The number of carbonyl (C=O) groups excluding carboxylic acids is 2. The van der Waals surface area contributed by atoms with Gasteiger partial charge in [0.25, 0.3) is 0 Å². The average molecular weight is 384 g/mol. The monoisotopic (exact) mass is 384 g/mol. The maximum absolute atomic E-state index is 12.8. The maximum Gasteiger partial charge on any atom is 0.320 e. The Morgan fingerprint density at radius 3 is 2.61 bits per heavy atom. The van der Waals surface area contributed by atoms with Gasteiger partial charge in [0.15, 0.2) is 5.78 Å². The first-order valence-electron chi connectivity index (χ1n) is 10.6. The third-order valence-electron chi connectivity index (χ3n) is 6.57. The third kappa shape index (κ3) is 3.75. The Bertz CT molecular complexity index is 739. The molecule has 6 nitrogen and oxygen atoms in total. The second kappa shape index (κ2) is 7.39. The van der Waals surface area contributed by atoms with E-state index in [4.69, 9.17) is 9.47 Å². The summed E-state index contributed by atoms with van der Waals surface area (Å²) in [4.78, 5) is 28.3. The van der Waals surface area contributed by atoms with Crippen molar-refractivity contribution in [2.45, 2.75) is 37.7 Å². The number of fused-ring (bicyclic) bond motifs is 1. The van der Waals surface area contributed by atoms with E-state index >= 15 is 0 Å². The van der Waals surface area contributed by atoms with Gasteiger partial charge < -0.3 is 19.3 Å². The SMILES string of the molecule is O=C1CO[C@H]2CCN(C(=O)N3CC(c4ccc(OCC5CC5)cc4)C3)C[C@H]2C1. The van der Waals surface area contributed by atoms with Gasteiger partial charge in [0.1, 0.15) is 12.4 Å². The molecule has 2 amide bonds. The number of ketones is 1. The van der Waals surface area contributed by atoms with Crippen LogP contribution in [0.5, 0.6) is 5.75 Å². The molecule has 150 valence electrons. The summed E-state index contributed by atoms with van der Waals surface area (Å²) in [6, 6.07) is 8.47. The zero-order chi connectivity index (χ0) is 19.1. The van der Waals surface area contributed by atoms with Crippen molar-refractivity contribution in [3.05, 3.63) is 29.8 Å². The number of urea groups is 1. The summed E-state index contributed by atoms with van der Waals surface area (Å²) in [5, 5.41) is 0. The number of nitrogens with zero attached hydrogens (tertiary/aromatic N) is 2. The van der Waals surface area contributed by atoms with Gasteiger partial charge in [-0.3, -0.25) is 4.79 Å². The minimum Gasteiger partial charge on any atom is -0.493 e. The first-order chi connectivity index (χ1) is 13.7. The van der Waals surface area contributed by atoms with Crippen molar-refractivity contribution in [2.75, 3.05) is 39.4 Å². The number of hydrogen-bond donors (Lipinski definition) is 0. The van der Waals surface area contributed by atoms with Gasteiger partial charge in [-0.25, -0.2) is 4.79 Å². The van der Waals surface area contributed by atoms with Crippen LogP contribution in [0.3, 0.4) is 0 Å². The van der Waals surface area contributed by atoms with Crippen molar-refractivity contribution in [3.8, 4) is 5.75 Å². The summed E-state index contributed by atoms with van der Waals surface area (Å²) in [5.74, 6) is 2.42. The van der Waals surface area contributed by atoms with Crippen LogP contribution in [0, 0.1) is 11.8 Å². The molecule has 5 rings (SSSR count). The molecule has 1 aromatic carbocycles. The van der Waals surface area contributed by atoms with E-state index in [9.17, 15) is 9.59 Å². The molecule has 1 saturated carbocycles. The Labute approximate surface area is 165 Å². The molecule has 4 aliphatic rings. The fourth-order valence-corrected chi connectivity index (χ4v) is 4.53.